The van der Waals surface area contributed by atoms with E-state index in [1.807, 2.05) is 6.07 Å². The topological polar surface area (TPSA) is 98.3 Å². The first-order valence-corrected chi connectivity index (χ1v) is 7.76. The van der Waals surface area contributed by atoms with E-state index in [0.717, 1.165) is 19.4 Å². The molecule has 1 aliphatic rings. The summed E-state index contributed by atoms with van der Waals surface area (Å²) in [6.07, 6.45) is 3.79. The summed E-state index contributed by atoms with van der Waals surface area (Å²) in [7, 11) is 1.35. The normalized spacial score (nSPS) is 16.6. The highest BCUT2D eigenvalue weighted by Gasteiger charge is 2.16. The number of nitrogens with one attached hydrogen (secondary N) is 2. The van der Waals surface area contributed by atoms with Crippen LogP contribution in [0.15, 0.2) is 30.5 Å². The smallest absolute Gasteiger partial charge is 0.339 e. The second-order valence-corrected chi connectivity index (χ2v) is 5.34. The van der Waals surface area contributed by atoms with Crippen LogP contribution in [0.3, 0.4) is 0 Å². The Morgan fingerprint density at radius 2 is 2.29 bits per heavy atom. The SMILES string of the molecule is COC(=O)c1ccccc1Nc1cnnc(NCC2CCCO2)n1. The van der Waals surface area contributed by atoms with Crippen molar-refractivity contribution in [3.8, 4) is 0 Å². The number of hydrogen-bond donors (Lipinski definition) is 2. The number of methoxy groups -OCH3 is 1. The zero-order chi connectivity index (χ0) is 16.8. The quantitative estimate of drug-likeness (QED) is 0.777. The van der Waals surface area contributed by atoms with Gasteiger partial charge in [-0.1, -0.05) is 12.1 Å². The van der Waals surface area contributed by atoms with Crippen LogP contribution in [0.1, 0.15) is 23.2 Å². The van der Waals surface area contributed by atoms with Gasteiger partial charge in [0.15, 0.2) is 5.82 Å². The molecule has 1 fully saturated rings. The molecular weight excluding hydrogens is 310 g/mol. The summed E-state index contributed by atoms with van der Waals surface area (Å²) in [5, 5.41) is 14.1. The molecule has 0 spiro atoms. The molecule has 1 saturated heterocycles. The minimum Gasteiger partial charge on any atom is -0.465 e. The van der Waals surface area contributed by atoms with E-state index in [2.05, 4.69) is 25.8 Å². The Kier molecular flexibility index (Phi) is 5.17. The van der Waals surface area contributed by atoms with E-state index in [0.29, 0.717) is 29.6 Å². The molecule has 1 unspecified atom stereocenters. The summed E-state index contributed by atoms with van der Waals surface area (Å²) in [6.45, 7) is 1.45. The first-order chi connectivity index (χ1) is 11.8. The third-order valence-corrected chi connectivity index (χ3v) is 3.67. The highest BCUT2D eigenvalue weighted by molar-refractivity contribution is 5.96. The van der Waals surface area contributed by atoms with Crippen LogP contribution in [-0.4, -0.2) is 47.5 Å². The molecule has 126 valence electrons. The Morgan fingerprint density at radius 3 is 3.08 bits per heavy atom. The zero-order valence-corrected chi connectivity index (χ0v) is 13.4. The Bertz CT molecular complexity index is 704. The van der Waals surface area contributed by atoms with E-state index >= 15 is 0 Å². The molecule has 0 aliphatic carbocycles. The molecule has 1 atom stereocenters. The van der Waals surface area contributed by atoms with Gasteiger partial charge in [0.05, 0.1) is 30.7 Å². The zero-order valence-electron chi connectivity index (χ0n) is 13.4. The molecule has 1 aliphatic heterocycles. The Balaban J connectivity index is 1.69. The Hall–Kier alpha value is -2.74. The predicted octanol–water partition coefficient (Wildman–Crippen LogP) is 1.99. The van der Waals surface area contributed by atoms with Crippen molar-refractivity contribution in [1.29, 1.82) is 0 Å². The van der Waals surface area contributed by atoms with Crippen LogP contribution in [0.2, 0.25) is 0 Å². The van der Waals surface area contributed by atoms with Crippen molar-refractivity contribution in [2.24, 2.45) is 0 Å². The maximum absolute atomic E-state index is 11.8. The van der Waals surface area contributed by atoms with E-state index in [-0.39, 0.29) is 6.10 Å². The fraction of sp³-hybridized carbons (Fsp3) is 0.375. The van der Waals surface area contributed by atoms with Crippen molar-refractivity contribution in [3.05, 3.63) is 36.0 Å². The van der Waals surface area contributed by atoms with E-state index < -0.39 is 5.97 Å². The average molecular weight is 329 g/mol. The third kappa shape index (κ3) is 3.96. The van der Waals surface area contributed by atoms with Crippen molar-refractivity contribution in [3.63, 3.8) is 0 Å². The summed E-state index contributed by atoms with van der Waals surface area (Å²) < 4.78 is 10.3. The number of para-hydroxylation sites is 1. The Morgan fingerprint density at radius 1 is 1.42 bits per heavy atom. The van der Waals surface area contributed by atoms with Gasteiger partial charge in [-0.3, -0.25) is 0 Å². The molecule has 0 saturated carbocycles. The van der Waals surface area contributed by atoms with Gasteiger partial charge in [-0.05, 0) is 25.0 Å². The van der Waals surface area contributed by atoms with Gasteiger partial charge in [-0.25, -0.2) is 4.79 Å². The number of ether oxygens (including phenoxy) is 2. The Labute approximate surface area is 139 Å². The van der Waals surface area contributed by atoms with E-state index in [4.69, 9.17) is 9.47 Å². The van der Waals surface area contributed by atoms with Crippen LogP contribution in [0.25, 0.3) is 0 Å². The van der Waals surface area contributed by atoms with Crippen molar-refractivity contribution in [1.82, 2.24) is 15.2 Å². The van der Waals surface area contributed by atoms with Crippen molar-refractivity contribution < 1.29 is 14.3 Å². The number of anilines is 3. The molecule has 8 heteroatoms. The fourth-order valence-corrected chi connectivity index (χ4v) is 2.47. The van der Waals surface area contributed by atoms with Crippen LogP contribution >= 0.6 is 0 Å². The van der Waals surface area contributed by atoms with Gasteiger partial charge in [0.2, 0.25) is 5.95 Å². The highest BCUT2D eigenvalue weighted by Crippen LogP contribution is 2.20. The lowest BCUT2D eigenvalue weighted by atomic mass is 10.2. The van der Waals surface area contributed by atoms with E-state index in [9.17, 15) is 4.79 Å². The fourth-order valence-electron chi connectivity index (χ4n) is 2.47. The molecule has 1 aromatic carbocycles. The second kappa shape index (κ2) is 7.69. The molecule has 0 radical (unpaired) electrons. The van der Waals surface area contributed by atoms with Gasteiger partial charge < -0.3 is 20.1 Å². The van der Waals surface area contributed by atoms with Gasteiger partial charge in [0.1, 0.15) is 0 Å². The van der Waals surface area contributed by atoms with Gasteiger partial charge >= 0.3 is 5.97 Å². The minimum atomic E-state index is -0.420. The van der Waals surface area contributed by atoms with Crippen LogP contribution in [-0.2, 0) is 9.47 Å². The van der Waals surface area contributed by atoms with Crippen LogP contribution < -0.4 is 10.6 Å². The van der Waals surface area contributed by atoms with Gasteiger partial charge in [-0.15, -0.1) is 5.10 Å². The number of benzene rings is 1. The first-order valence-electron chi connectivity index (χ1n) is 7.76. The van der Waals surface area contributed by atoms with Crippen LogP contribution in [0, 0.1) is 0 Å². The summed E-state index contributed by atoms with van der Waals surface area (Å²) in [5.41, 5.74) is 1.02. The number of carbonyl (C=O) groups is 1. The molecule has 0 amide bonds. The second-order valence-electron chi connectivity index (χ2n) is 5.34. The molecule has 2 N–H and O–H groups in total. The number of esters is 1. The molecular formula is C16H19N5O3. The lowest BCUT2D eigenvalue weighted by Crippen LogP contribution is -2.20. The number of hydrogen-bond acceptors (Lipinski definition) is 8. The number of carbonyl (C=O) groups excluding carboxylic acids is 1. The standard InChI is InChI=1S/C16H19N5O3/c1-23-15(22)12-6-2-3-7-13(12)19-14-10-18-21-16(20-14)17-9-11-5-4-8-24-11/h2-3,6-7,10-11H,4-5,8-9H2,1H3,(H2,17,19,20,21). The molecule has 8 nitrogen and oxygen atoms in total. The molecule has 2 aromatic rings. The van der Waals surface area contributed by atoms with Gasteiger partial charge in [-0.2, -0.15) is 10.1 Å². The van der Waals surface area contributed by atoms with Gasteiger partial charge in [0.25, 0.3) is 0 Å². The summed E-state index contributed by atoms with van der Waals surface area (Å²) in [6, 6.07) is 7.04. The first kappa shape index (κ1) is 16.1. The molecule has 2 heterocycles. The molecule has 0 bridgehead atoms. The molecule has 1 aromatic heterocycles. The summed E-state index contributed by atoms with van der Waals surface area (Å²) in [5.74, 6) is 0.471. The lowest BCUT2D eigenvalue weighted by Gasteiger charge is -2.12. The number of aromatic nitrogens is 3. The van der Waals surface area contributed by atoms with E-state index in [1.165, 1.54) is 13.3 Å². The van der Waals surface area contributed by atoms with Crippen LogP contribution in [0.5, 0.6) is 0 Å². The lowest BCUT2D eigenvalue weighted by molar-refractivity contribution is 0.0602. The van der Waals surface area contributed by atoms with Crippen molar-refractivity contribution in [2.75, 3.05) is 30.9 Å². The maximum Gasteiger partial charge on any atom is 0.339 e. The van der Waals surface area contributed by atoms with Crippen LogP contribution in [0.4, 0.5) is 17.5 Å². The van der Waals surface area contributed by atoms with Gasteiger partial charge in [0, 0.05) is 13.2 Å². The summed E-state index contributed by atoms with van der Waals surface area (Å²) in [4.78, 5) is 16.2. The van der Waals surface area contributed by atoms with Crippen molar-refractivity contribution in [2.45, 2.75) is 18.9 Å². The average Bonchev–Trinajstić information content (AvgIpc) is 3.14. The minimum absolute atomic E-state index is 0.185. The maximum atomic E-state index is 11.8. The van der Waals surface area contributed by atoms with Crippen molar-refractivity contribution >= 4 is 23.4 Å². The predicted molar refractivity (Wildman–Crippen MR) is 88.4 cm³/mol. The monoisotopic (exact) mass is 329 g/mol. The third-order valence-electron chi connectivity index (χ3n) is 3.67. The number of nitrogens with zero attached hydrogens (tertiary/aromatic N) is 3. The highest BCUT2D eigenvalue weighted by atomic mass is 16.5. The molecule has 3 rings (SSSR count). The largest absolute Gasteiger partial charge is 0.465 e. The number of rotatable bonds is 6. The molecule has 24 heavy (non-hydrogen) atoms. The summed E-state index contributed by atoms with van der Waals surface area (Å²) >= 11 is 0. The van der Waals surface area contributed by atoms with E-state index in [1.54, 1.807) is 18.2 Å².